The van der Waals surface area contributed by atoms with Crippen molar-refractivity contribution >= 4 is 28.9 Å². The van der Waals surface area contributed by atoms with E-state index in [-0.39, 0.29) is 11.3 Å². The number of phenols is 1. The first-order valence-electron chi connectivity index (χ1n) is 6.47. The lowest BCUT2D eigenvalue weighted by molar-refractivity contribution is -0.385. The number of carbonyl (C=O) groups excluding carboxylic acids is 1. The summed E-state index contributed by atoms with van der Waals surface area (Å²) in [6, 6.07) is 10.4. The van der Waals surface area contributed by atoms with E-state index in [2.05, 4.69) is 10.5 Å². The molecule has 2 N–H and O–H groups in total. The van der Waals surface area contributed by atoms with E-state index in [1.54, 1.807) is 18.2 Å². The summed E-state index contributed by atoms with van der Waals surface area (Å²) in [6.45, 7) is 1.51. The second-order valence-corrected chi connectivity index (χ2v) is 5.02. The fraction of sp³-hybridized carbons (Fsp3) is 0.0667. The average molecular weight is 334 g/mol. The minimum atomic E-state index is -0.698. The van der Waals surface area contributed by atoms with Gasteiger partial charge in [-0.25, -0.2) is 5.43 Å². The normalized spacial score (nSPS) is 11.1. The molecule has 0 saturated carbocycles. The molecule has 0 aromatic heterocycles. The van der Waals surface area contributed by atoms with Gasteiger partial charge in [0.2, 0.25) is 5.75 Å². The Balaban J connectivity index is 2.22. The summed E-state index contributed by atoms with van der Waals surface area (Å²) in [5.41, 5.74) is 2.58. The number of hydrogen-bond donors (Lipinski definition) is 2. The quantitative estimate of drug-likeness (QED) is 0.509. The number of halogens is 1. The molecule has 2 aromatic rings. The Bertz CT molecular complexity index is 805. The highest BCUT2D eigenvalue weighted by atomic mass is 35.5. The Kier molecular flexibility index (Phi) is 4.92. The number of carbonyl (C=O) groups is 1. The van der Waals surface area contributed by atoms with E-state index in [0.717, 1.165) is 0 Å². The Morgan fingerprint density at radius 1 is 1.30 bits per heavy atom. The Hall–Kier alpha value is -2.93. The number of benzene rings is 2. The van der Waals surface area contributed by atoms with Crippen molar-refractivity contribution in [1.82, 2.24) is 5.43 Å². The number of nitro groups is 1. The third-order valence-corrected chi connectivity index (χ3v) is 3.25. The number of para-hydroxylation sites is 1. The first-order valence-corrected chi connectivity index (χ1v) is 6.85. The number of nitrogens with zero attached hydrogens (tertiary/aromatic N) is 2. The van der Waals surface area contributed by atoms with Gasteiger partial charge in [-0.2, -0.15) is 5.10 Å². The molecular formula is C15H12ClN3O4. The van der Waals surface area contributed by atoms with Crippen LogP contribution in [-0.2, 0) is 0 Å². The molecule has 7 nitrogen and oxygen atoms in total. The first kappa shape index (κ1) is 16.4. The molecule has 0 radical (unpaired) electrons. The molecule has 0 aliphatic carbocycles. The van der Waals surface area contributed by atoms with Crippen LogP contribution in [0.15, 0.2) is 47.6 Å². The van der Waals surface area contributed by atoms with E-state index in [0.29, 0.717) is 10.6 Å². The van der Waals surface area contributed by atoms with Crippen LogP contribution in [0.5, 0.6) is 5.75 Å². The van der Waals surface area contributed by atoms with Gasteiger partial charge in [0, 0.05) is 22.2 Å². The van der Waals surface area contributed by atoms with Gasteiger partial charge in [0.1, 0.15) is 0 Å². The minimum absolute atomic E-state index is 0.158. The second kappa shape index (κ2) is 6.89. The summed E-state index contributed by atoms with van der Waals surface area (Å²) < 4.78 is 0. The van der Waals surface area contributed by atoms with Gasteiger partial charge >= 0.3 is 5.69 Å². The average Bonchev–Trinajstić information content (AvgIpc) is 2.52. The molecule has 0 bridgehead atoms. The van der Waals surface area contributed by atoms with Crippen LogP contribution in [0.2, 0.25) is 5.02 Å². The van der Waals surface area contributed by atoms with Crippen molar-refractivity contribution in [3.8, 4) is 5.75 Å². The van der Waals surface area contributed by atoms with E-state index in [9.17, 15) is 20.0 Å². The van der Waals surface area contributed by atoms with Crippen molar-refractivity contribution in [3.63, 3.8) is 0 Å². The van der Waals surface area contributed by atoms with Crippen LogP contribution in [0.3, 0.4) is 0 Å². The Morgan fingerprint density at radius 3 is 2.65 bits per heavy atom. The minimum Gasteiger partial charge on any atom is -0.502 e. The third kappa shape index (κ3) is 3.83. The van der Waals surface area contributed by atoms with Crippen LogP contribution in [0.25, 0.3) is 0 Å². The molecule has 0 unspecified atom stereocenters. The van der Waals surface area contributed by atoms with Gasteiger partial charge in [-0.05, 0) is 31.2 Å². The van der Waals surface area contributed by atoms with Crippen molar-refractivity contribution in [2.45, 2.75) is 6.92 Å². The lowest BCUT2D eigenvalue weighted by atomic mass is 10.1. The molecule has 118 valence electrons. The molecule has 0 atom stereocenters. The summed E-state index contributed by atoms with van der Waals surface area (Å²) >= 11 is 5.80. The van der Waals surface area contributed by atoms with Gasteiger partial charge in [-0.3, -0.25) is 14.9 Å². The summed E-state index contributed by atoms with van der Waals surface area (Å²) in [5.74, 6) is -0.993. The molecule has 2 aromatic carbocycles. The number of rotatable bonds is 4. The highest BCUT2D eigenvalue weighted by Gasteiger charge is 2.18. The van der Waals surface area contributed by atoms with E-state index in [4.69, 9.17) is 11.6 Å². The smallest absolute Gasteiger partial charge is 0.311 e. The summed E-state index contributed by atoms with van der Waals surface area (Å²) in [4.78, 5) is 22.1. The lowest BCUT2D eigenvalue weighted by Gasteiger charge is -2.05. The molecule has 0 aliphatic heterocycles. The molecule has 0 saturated heterocycles. The van der Waals surface area contributed by atoms with E-state index in [1.807, 2.05) is 0 Å². The number of aromatic hydroxyl groups is 1. The zero-order valence-electron chi connectivity index (χ0n) is 12.0. The molecule has 0 heterocycles. The topological polar surface area (TPSA) is 105 Å². The highest BCUT2D eigenvalue weighted by Crippen LogP contribution is 2.29. The van der Waals surface area contributed by atoms with Crippen LogP contribution < -0.4 is 5.43 Å². The number of nitrogens with one attached hydrogen (secondary N) is 1. The predicted molar refractivity (Wildman–Crippen MR) is 85.9 cm³/mol. The zero-order chi connectivity index (χ0) is 17.0. The van der Waals surface area contributed by atoms with Crippen molar-refractivity contribution in [2.75, 3.05) is 0 Å². The molecule has 0 aliphatic rings. The van der Waals surface area contributed by atoms with Gasteiger partial charge in [-0.15, -0.1) is 0 Å². The molecule has 8 heteroatoms. The van der Waals surface area contributed by atoms with Crippen LogP contribution >= 0.6 is 11.6 Å². The largest absolute Gasteiger partial charge is 0.502 e. The SMILES string of the molecule is CC(=NNC(=O)c1cccc(Cl)c1)c1cccc([N+](=O)[O-])c1O. The fourth-order valence-corrected chi connectivity index (χ4v) is 2.05. The van der Waals surface area contributed by atoms with E-state index >= 15 is 0 Å². The van der Waals surface area contributed by atoms with Gasteiger partial charge in [-0.1, -0.05) is 23.7 Å². The zero-order valence-corrected chi connectivity index (χ0v) is 12.7. The van der Waals surface area contributed by atoms with Crippen molar-refractivity contribution in [2.24, 2.45) is 5.10 Å². The van der Waals surface area contributed by atoms with E-state index in [1.165, 1.54) is 31.2 Å². The first-order chi connectivity index (χ1) is 10.9. The van der Waals surface area contributed by atoms with E-state index < -0.39 is 22.3 Å². The lowest BCUT2D eigenvalue weighted by Crippen LogP contribution is -2.19. The third-order valence-electron chi connectivity index (χ3n) is 3.01. The number of nitro benzene ring substituents is 1. The Morgan fingerprint density at radius 2 is 2.00 bits per heavy atom. The number of phenolic OH excluding ortho intramolecular Hbond substituents is 1. The monoisotopic (exact) mass is 333 g/mol. The van der Waals surface area contributed by atoms with Gasteiger partial charge in [0.25, 0.3) is 5.91 Å². The standard InChI is InChI=1S/C15H12ClN3O4/c1-9(12-6-3-7-13(14(12)20)19(22)23)17-18-15(21)10-4-2-5-11(16)8-10/h2-8,20H,1H3,(H,18,21). The Labute approximate surface area is 136 Å². The highest BCUT2D eigenvalue weighted by molar-refractivity contribution is 6.30. The van der Waals surface area contributed by atoms with Gasteiger partial charge in [0.05, 0.1) is 10.6 Å². The summed E-state index contributed by atoms with van der Waals surface area (Å²) in [7, 11) is 0. The predicted octanol–water partition coefficient (Wildman–Crippen LogP) is 3.11. The van der Waals surface area contributed by atoms with Crippen molar-refractivity contribution in [1.29, 1.82) is 0 Å². The fourth-order valence-electron chi connectivity index (χ4n) is 1.86. The molecule has 1 amide bonds. The van der Waals surface area contributed by atoms with Crippen molar-refractivity contribution < 1.29 is 14.8 Å². The maximum absolute atomic E-state index is 11.9. The maximum Gasteiger partial charge on any atom is 0.311 e. The van der Waals surface area contributed by atoms with Crippen LogP contribution in [0.4, 0.5) is 5.69 Å². The van der Waals surface area contributed by atoms with Crippen LogP contribution in [0.1, 0.15) is 22.8 Å². The maximum atomic E-state index is 11.9. The van der Waals surface area contributed by atoms with Crippen LogP contribution in [-0.4, -0.2) is 21.6 Å². The molecule has 23 heavy (non-hydrogen) atoms. The second-order valence-electron chi connectivity index (χ2n) is 4.58. The number of hydrogen-bond acceptors (Lipinski definition) is 5. The number of amides is 1. The molecule has 0 spiro atoms. The van der Waals surface area contributed by atoms with Crippen LogP contribution in [0, 0.1) is 10.1 Å². The van der Waals surface area contributed by atoms with Gasteiger partial charge in [0.15, 0.2) is 0 Å². The summed E-state index contributed by atoms with van der Waals surface area (Å²) in [6.07, 6.45) is 0. The molecular weight excluding hydrogens is 322 g/mol. The van der Waals surface area contributed by atoms with Gasteiger partial charge < -0.3 is 5.11 Å². The molecule has 0 fully saturated rings. The van der Waals surface area contributed by atoms with Crippen molar-refractivity contribution in [3.05, 3.63) is 68.7 Å². The molecule has 2 rings (SSSR count). The summed E-state index contributed by atoms with van der Waals surface area (Å²) in [5, 5.41) is 25.0. The number of hydrazone groups is 1.